The molecule has 4 nitrogen and oxygen atoms in total. The van der Waals surface area contributed by atoms with E-state index in [0.717, 1.165) is 13.2 Å². The van der Waals surface area contributed by atoms with E-state index >= 15 is 0 Å². The summed E-state index contributed by atoms with van der Waals surface area (Å²) in [6, 6.07) is 1.28. The number of carbonyl (C=O) groups is 2. The van der Waals surface area contributed by atoms with Gasteiger partial charge < -0.3 is 9.47 Å². The Balaban J connectivity index is 3.39. The van der Waals surface area contributed by atoms with Crippen LogP contribution in [0.1, 0.15) is 29.8 Å². The highest BCUT2D eigenvalue weighted by atomic mass is 19.3. The van der Waals surface area contributed by atoms with E-state index in [1.54, 1.807) is 0 Å². The molecule has 0 saturated heterocycles. The highest BCUT2D eigenvalue weighted by Gasteiger charge is 2.31. The molecule has 1 aromatic carbocycles. The zero-order valence-corrected chi connectivity index (χ0v) is 11.1. The molecular weight excluding hydrogens is 277 g/mol. The second-order valence-corrected chi connectivity index (χ2v) is 3.98. The van der Waals surface area contributed by atoms with Gasteiger partial charge in [0.05, 0.1) is 19.3 Å². The van der Waals surface area contributed by atoms with Crippen LogP contribution in [0.15, 0.2) is 12.1 Å². The quantitative estimate of drug-likeness (QED) is 0.475. The molecule has 20 heavy (non-hydrogen) atoms. The first kappa shape index (κ1) is 16.0. The Labute approximate surface area is 113 Å². The van der Waals surface area contributed by atoms with Crippen LogP contribution in [0.4, 0.5) is 13.2 Å². The third-order valence-electron chi connectivity index (χ3n) is 2.46. The van der Waals surface area contributed by atoms with E-state index in [0.29, 0.717) is 13.0 Å². The van der Waals surface area contributed by atoms with Gasteiger partial charge in [0.2, 0.25) is 0 Å². The van der Waals surface area contributed by atoms with Crippen molar-refractivity contribution in [2.24, 2.45) is 0 Å². The van der Waals surface area contributed by atoms with E-state index in [9.17, 15) is 22.8 Å². The summed E-state index contributed by atoms with van der Waals surface area (Å²) in [4.78, 5) is 23.1. The van der Waals surface area contributed by atoms with Gasteiger partial charge in [0.25, 0.3) is 11.7 Å². The van der Waals surface area contributed by atoms with Crippen LogP contribution < -0.4 is 4.74 Å². The number of esters is 1. The van der Waals surface area contributed by atoms with E-state index < -0.39 is 40.4 Å². The normalized spacial score (nSPS) is 11.1. The Bertz CT molecular complexity index is 535. The van der Waals surface area contributed by atoms with Crippen molar-refractivity contribution in [2.45, 2.75) is 19.8 Å². The lowest BCUT2D eigenvalue weighted by atomic mass is 10.0. The summed E-state index contributed by atoms with van der Waals surface area (Å²) in [7, 11) is 1.06. The maximum Gasteiger partial charge on any atom is 0.379 e. The summed E-state index contributed by atoms with van der Waals surface area (Å²) >= 11 is 0. The maximum atomic E-state index is 13.7. The van der Waals surface area contributed by atoms with Crippen molar-refractivity contribution in [3.63, 3.8) is 0 Å². The molecule has 0 N–H and O–H groups in total. The number of hydrogen-bond donors (Lipinski definition) is 0. The van der Waals surface area contributed by atoms with Gasteiger partial charge in [-0.15, -0.1) is 0 Å². The van der Waals surface area contributed by atoms with Crippen LogP contribution in [-0.2, 0) is 15.5 Å². The van der Waals surface area contributed by atoms with Crippen LogP contribution in [0.5, 0.6) is 5.75 Å². The Morgan fingerprint density at radius 2 is 1.90 bits per heavy atom. The van der Waals surface area contributed by atoms with Gasteiger partial charge in [-0.05, 0) is 19.1 Å². The third kappa shape index (κ3) is 3.28. The lowest BCUT2D eigenvalue weighted by Crippen LogP contribution is -2.20. The van der Waals surface area contributed by atoms with Crippen molar-refractivity contribution in [3.8, 4) is 5.75 Å². The lowest BCUT2D eigenvalue weighted by Gasteiger charge is -2.15. The number of methoxy groups -OCH3 is 1. The van der Waals surface area contributed by atoms with Crippen molar-refractivity contribution in [1.29, 1.82) is 0 Å². The molecule has 0 radical (unpaired) electrons. The van der Waals surface area contributed by atoms with Crippen LogP contribution in [0.25, 0.3) is 0 Å². The van der Waals surface area contributed by atoms with Crippen LogP contribution >= 0.6 is 0 Å². The summed E-state index contributed by atoms with van der Waals surface area (Å²) in [5, 5.41) is 0. The standard InChI is InChI=1S/C13H13F3O4/c1-4-20-12(18)10(17)8-5-7(13(2,15)16)6-9(14)11(8)19-3/h5-6H,4H2,1-3H3. The average Bonchev–Trinajstić information content (AvgIpc) is 2.36. The molecule has 0 atom stereocenters. The molecule has 0 unspecified atom stereocenters. The zero-order chi connectivity index (χ0) is 15.5. The molecule has 0 aliphatic rings. The van der Waals surface area contributed by atoms with Crippen molar-refractivity contribution in [1.82, 2.24) is 0 Å². The molecule has 110 valence electrons. The maximum absolute atomic E-state index is 13.7. The predicted octanol–water partition coefficient (Wildman–Crippen LogP) is 2.69. The van der Waals surface area contributed by atoms with Crippen LogP contribution in [0.3, 0.4) is 0 Å². The number of benzene rings is 1. The molecule has 0 aliphatic heterocycles. The number of ether oxygens (including phenoxy) is 2. The van der Waals surface area contributed by atoms with Crippen LogP contribution in [0, 0.1) is 5.82 Å². The predicted molar refractivity (Wildman–Crippen MR) is 63.5 cm³/mol. The number of alkyl halides is 2. The number of ketones is 1. The average molecular weight is 290 g/mol. The van der Waals surface area contributed by atoms with Crippen LogP contribution in [-0.4, -0.2) is 25.5 Å². The summed E-state index contributed by atoms with van der Waals surface area (Å²) in [5.41, 5.74) is -1.33. The molecule has 1 aromatic rings. The Hall–Kier alpha value is -2.05. The molecule has 0 heterocycles. The van der Waals surface area contributed by atoms with Gasteiger partial charge in [-0.1, -0.05) is 0 Å². The van der Waals surface area contributed by atoms with Crippen LogP contribution in [0.2, 0.25) is 0 Å². The fraction of sp³-hybridized carbons (Fsp3) is 0.385. The Morgan fingerprint density at radius 1 is 1.30 bits per heavy atom. The van der Waals surface area contributed by atoms with Gasteiger partial charge in [-0.2, -0.15) is 0 Å². The van der Waals surface area contributed by atoms with Crippen molar-refractivity contribution >= 4 is 11.8 Å². The first-order chi connectivity index (χ1) is 9.22. The van der Waals surface area contributed by atoms with E-state index in [1.807, 2.05) is 0 Å². The molecule has 7 heteroatoms. The van der Waals surface area contributed by atoms with Gasteiger partial charge in [0.1, 0.15) is 0 Å². The number of halogens is 3. The Morgan fingerprint density at radius 3 is 2.35 bits per heavy atom. The van der Waals surface area contributed by atoms with E-state index in [-0.39, 0.29) is 6.61 Å². The fourth-order valence-corrected chi connectivity index (χ4v) is 1.53. The van der Waals surface area contributed by atoms with Crippen molar-refractivity contribution < 1.29 is 32.2 Å². The molecule has 0 amide bonds. The minimum absolute atomic E-state index is 0.0704. The van der Waals surface area contributed by atoms with Crippen molar-refractivity contribution in [3.05, 3.63) is 29.1 Å². The number of hydrogen-bond acceptors (Lipinski definition) is 4. The van der Waals surface area contributed by atoms with Gasteiger partial charge in [0, 0.05) is 12.5 Å². The lowest BCUT2D eigenvalue weighted by molar-refractivity contribution is -0.137. The van der Waals surface area contributed by atoms with Gasteiger partial charge in [-0.25, -0.2) is 18.0 Å². The largest absolute Gasteiger partial charge is 0.493 e. The second kappa shape index (κ2) is 5.94. The Kier molecular flexibility index (Phi) is 4.75. The van der Waals surface area contributed by atoms with Gasteiger partial charge in [0.15, 0.2) is 11.6 Å². The molecule has 1 rings (SSSR count). The highest BCUT2D eigenvalue weighted by Crippen LogP contribution is 2.33. The monoisotopic (exact) mass is 290 g/mol. The molecule has 0 saturated carbocycles. The zero-order valence-electron chi connectivity index (χ0n) is 11.1. The molecule has 0 fully saturated rings. The molecule has 0 aliphatic carbocycles. The first-order valence-corrected chi connectivity index (χ1v) is 5.69. The number of carbonyl (C=O) groups excluding carboxylic acids is 2. The number of rotatable bonds is 5. The number of Topliss-reactive ketones (excluding diaryl/α,β-unsaturated/α-hetero) is 1. The summed E-state index contributed by atoms with van der Waals surface area (Å²) < 4.78 is 49.3. The molecular formula is C13H13F3O4. The summed E-state index contributed by atoms with van der Waals surface area (Å²) in [6.07, 6.45) is 0. The highest BCUT2D eigenvalue weighted by molar-refractivity contribution is 6.41. The van der Waals surface area contributed by atoms with Gasteiger partial charge >= 0.3 is 5.97 Å². The minimum atomic E-state index is -3.36. The fourth-order valence-electron chi connectivity index (χ4n) is 1.53. The molecule has 0 spiro atoms. The summed E-state index contributed by atoms with van der Waals surface area (Å²) in [6.45, 7) is 1.95. The van der Waals surface area contributed by atoms with E-state index in [1.165, 1.54) is 6.92 Å². The summed E-state index contributed by atoms with van der Waals surface area (Å²) in [5.74, 6) is -7.60. The smallest absolute Gasteiger partial charge is 0.379 e. The second-order valence-electron chi connectivity index (χ2n) is 3.98. The molecule has 0 aromatic heterocycles. The van der Waals surface area contributed by atoms with E-state index in [4.69, 9.17) is 0 Å². The van der Waals surface area contributed by atoms with Gasteiger partial charge in [-0.3, -0.25) is 4.79 Å². The SMILES string of the molecule is CCOC(=O)C(=O)c1cc(C(C)(F)F)cc(F)c1OC. The third-order valence-corrected chi connectivity index (χ3v) is 2.46. The minimum Gasteiger partial charge on any atom is -0.493 e. The topological polar surface area (TPSA) is 52.6 Å². The molecule has 0 bridgehead atoms. The van der Waals surface area contributed by atoms with Crippen molar-refractivity contribution in [2.75, 3.05) is 13.7 Å². The first-order valence-electron chi connectivity index (χ1n) is 5.69. The van der Waals surface area contributed by atoms with E-state index in [2.05, 4.69) is 9.47 Å².